The zero-order valence-electron chi connectivity index (χ0n) is 15.4. The van der Waals surface area contributed by atoms with Crippen molar-refractivity contribution in [3.05, 3.63) is 26.1 Å². The molecule has 0 radical (unpaired) electrons. The van der Waals surface area contributed by atoms with E-state index in [4.69, 9.17) is 16.3 Å². The molecule has 2 heterocycles. The van der Waals surface area contributed by atoms with Crippen molar-refractivity contribution < 1.29 is 9.53 Å². The van der Waals surface area contributed by atoms with Crippen LogP contribution >= 0.6 is 11.6 Å². The SMILES string of the molecule is CC(C)CCOCCNC(=O)Cn1c(Cl)nc2c1c(=O)n(C)c(=O)n2C. The number of nitrogens with one attached hydrogen (secondary N) is 1. The molecular weight excluding hydrogens is 362 g/mol. The summed E-state index contributed by atoms with van der Waals surface area (Å²) in [5.74, 6) is 0.245. The molecule has 0 aliphatic rings. The van der Waals surface area contributed by atoms with E-state index in [0.717, 1.165) is 11.0 Å². The minimum absolute atomic E-state index is 0.0263. The molecule has 2 aromatic rings. The third-order valence-electron chi connectivity index (χ3n) is 4.01. The summed E-state index contributed by atoms with van der Waals surface area (Å²) in [4.78, 5) is 40.5. The van der Waals surface area contributed by atoms with E-state index in [9.17, 15) is 14.4 Å². The molecule has 9 nitrogen and oxygen atoms in total. The summed E-state index contributed by atoms with van der Waals surface area (Å²) >= 11 is 6.08. The number of fused-ring (bicyclic) bond motifs is 1. The second-order valence-corrected chi connectivity index (χ2v) is 6.83. The van der Waals surface area contributed by atoms with Crippen LogP contribution in [0.4, 0.5) is 0 Å². The number of aryl methyl sites for hydroxylation is 1. The van der Waals surface area contributed by atoms with Gasteiger partial charge >= 0.3 is 5.69 Å². The lowest BCUT2D eigenvalue weighted by Gasteiger charge is -2.09. The summed E-state index contributed by atoms with van der Waals surface area (Å²) in [6.07, 6.45) is 0.965. The second-order valence-electron chi connectivity index (χ2n) is 6.49. The Balaban J connectivity index is 2.07. The van der Waals surface area contributed by atoms with Crippen LogP contribution in [0.3, 0.4) is 0 Å². The van der Waals surface area contributed by atoms with E-state index in [0.29, 0.717) is 25.7 Å². The van der Waals surface area contributed by atoms with Crippen molar-refractivity contribution in [3.63, 3.8) is 0 Å². The van der Waals surface area contributed by atoms with Crippen LogP contribution in [0.1, 0.15) is 20.3 Å². The number of amides is 1. The van der Waals surface area contributed by atoms with Gasteiger partial charge in [-0.25, -0.2) is 4.79 Å². The number of rotatable bonds is 8. The highest BCUT2D eigenvalue weighted by atomic mass is 35.5. The first-order chi connectivity index (χ1) is 12.2. The van der Waals surface area contributed by atoms with Crippen LogP contribution in [0.15, 0.2) is 9.59 Å². The Labute approximate surface area is 155 Å². The molecule has 0 aliphatic carbocycles. The monoisotopic (exact) mass is 385 g/mol. The van der Waals surface area contributed by atoms with Gasteiger partial charge in [0.2, 0.25) is 11.2 Å². The Hall–Kier alpha value is -2.13. The molecule has 10 heteroatoms. The largest absolute Gasteiger partial charge is 0.380 e. The average Bonchev–Trinajstić information content (AvgIpc) is 2.90. The number of hydrogen-bond acceptors (Lipinski definition) is 5. The van der Waals surface area contributed by atoms with E-state index < -0.39 is 11.2 Å². The molecule has 144 valence electrons. The molecule has 0 saturated carbocycles. The zero-order chi connectivity index (χ0) is 19.4. The fraction of sp³-hybridized carbons (Fsp3) is 0.625. The predicted molar refractivity (Wildman–Crippen MR) is 98.5 cm³/mol. The Morgan fingerprint density at radius 2 is 1.92 bits per heavy atom. The third-order valence-corrected chi connectivity index (χ3v) is 4.30. The molecule has 0 fully saturated rings. The van der Waals surface area contributed by atoms with E-state index >= 15 is 0 Å². The number of halogens is 1. The maximum absolute atomic E-state index is 12.4. The van der Waals surface area contributed by atoms with Crippen LogP contribution in [0, 0.1) is 5.92 Å². The number of ether oxygens (including phenoxy) is 1. The Bertz CT molecular complexity index is 912. The first kappa shape index (κ1) is 20.2. The van der Waals surface area contributed by atoms with Gasteiger partial charge in [0.25, 0.3) is 5.56 Å². The van der Waals surface area contributed by atoms with Gasteiger partial charge in [-0.15, -0.1) is 0 Å². The van der Waals surface area contributed by atoms with Crippen LogP contribution < -0.4 is 16.6 Å². The van der Waals surface area contributed by atoms with Gasteiger partial charge in [0.15, 0.2) is 11.2 Å². The first-order valence-corrected chi connectivity index (χ1v) is 8.78. The van der Waals surface area contributed by atoms with Crippen LogP contribution in [0.5, 0.6) is 0 Å². The summed E-state index contributed by atoms with van der Waals surface area (Å²) in [5, 5.41) is 2.69. The van der Waals surface area contributed by atoms with Crippen LogP contribution in [0.25, 0.3) is 11.2 Å². The van der Waals surface area contributed by atoms with Crippen LogP contribution in [-0.4, -0.2) is 44.4 Å². The first-order valence-electron chi connectivity index (χ1n) is 8.40. The van der Waals surface area contributed by atoms with E-state index in [1.807, 2.05) is 0 Å². The van der Waals surface area contributed by atoms with Gasteiger partial charge in [-0.1, -0.05) is 13.8 Å². The molecule has 26 heavy (non-hydrogen) atoms. The molecule has 2 aromatic heterocycles. The smallest absolute Gasteiger partial charge is 0.332 e. The van der Waals surface area contributed by atoms with Gasteiger partial charge in [-0.05, 0) is 23.9 Å². The molecule has 0 aromatic carbocycles. The fourth-order valence-electron chi connectivity index (χ4n) is 2.45. The molecule has 0 spiro atoms. The van der Waals surface area contributed by atoms with E-state index in [1.165, 1.54) is 23.2 Å². The number of aromatic nitrogens is 4. The molecular formula is C16H24ClN5O4. The molecule has 0 bridgehead atoms. The maximum atomic E-state index is 12.4. The average molecular weight is 386 g/mol. The van der Waals surface area contributed by atoms with Crippen molar-refractivity contribution >= 4 is 28.7 Å². The molecule has 1 N–H and O–H groups in total. The number of carbonyl (C=O) groups excluding carboxylic acids is 1. The van der Waals surface area contributed by atoms with Gasteiger partial charge in [0.1, 0.15) is 6.54 Å². The van der Waals surface area contributed by atoms with E-state index in [2.05, 4.69) is 24.1 Å². The van der Waals surface area contributed by atoms with Crippen molar-refractivity contribution in [2.24, 2.45) is 20.0 Å². The van der Waals surface area contributed by atoms with Crippen LogP contribution in [0.2, 0.25) is 5.28 Å². The van der Waals surface area contributed by atoms with Gasteiger partial charge in [0, 0.05) is 27.2 Å². The lowest BCUT2D eigenvalue weighted by Crippen LogP contribution is -2.38. The summed E-state index contributed by atoms with van der Waals surface area (Å²) in [7, 11) is 2.86. The van der Waals surface area contributed by atoms with Crippen molar-refractivity contribution in [2.45, 2.75) is 26.8 Å². The maximum Gasteiger partial charge on any atom is 0.332 e. The van der Waals surface area contributed by atoms with Gasteiger partial charge in [-0.2, -0.15) is 4.98 Å². The normalized spacial score (nSPS) is 11.5. The predicted octanol–water partition coefficient (Wildman–Crippen LogP) is 0.266. The minimum atomic E-state index is -0.549. The van der Waals surface area contributed by atoms with Crippen LogP contribution in [-0.2, 0) is 30.2 Å². The number of hydrogen-bond donors (Lipinski definition) is 1. The fourth-order valence-corrected chi connectivity index (χ4v) is 2.67. The molecule has 0 saturated heterocycles. The summed E-state index contributed by atoms with van der Waals surface area (Å²) in [5.41, 5.74) is -0.796. The quantitative estimate of drug-likeness (QED) is 0.519. The number of carbonyl (C=O) groups is 1. The van der Waals surface area contributed by atoms with Crippen molar-refractivity contribution in [1.82, 2.24) is 24.0 Å². The highest BCUT2D eigenvalue weighted by Crippen LogP contribution is 2.15. The lowest BCUT2D eigenvalue weighted by molar-refractivity contribution is -0.121. The minimum Gasteiger partial charge on any atom is -0.380 e. The summed E-state index contributed by atoms with van der Waals surface area (Å²) in [6, 6.07) is 0. The van der Waals surface area contributed by atoms with Crippen molar-refractivity contribution in [3.8, 4) is 0 Å². The third kappa shape index (κ3) is 4.34. The van der Waals surface area contributed by atoms with Gasteiger partial charge in [0.05, 0.1) is 6.61 Å². The molecule has 2 rings (SSSR count). The van der Waals surface area contributed by atoms with E-state index in [1.54, 1.807) is 0 Å². The standard InChI is InChI=1S/C16H24ClN5O4/c1-10(2)5-7-26-8-6-18-11(23)9-22-12-13(19-15(22)17)20(3)16(25)21(4)14(12)24/h10H,5-9H2,1-4H3,(H,18,23). The van der Waals surface area contributed by atoms with Gasteiger partial charge < -0.3 is 10.1 Å². The Morgan fingerprint density at radius 1 is 1.23 bits per heavy atom. The zero-order valence-corrected chi connectivity index (χ0v) is 16.2. The number of imidazole rings is 1. The van der Waals surface area contributed by atoms with E-state index in [-0.39, 0.29) is 28.9 Å². The highest BCUT2D eigenvalue weighted by molar-refractivity contribution is 6.29. The molecule has 0 aliphatic heterocycles. The Morgan fingerprint density at radius 3 is 2.58 bits per heavy atom. The number of nitrogens with zero attached hydrogens (tertiary/aromatic N) is 4. The summed E-state index contributed by atoms with van der Waals surface area (Å²) in [6.45, 7) is 5.48. The molecule has 1 amide bonds. The molecule has 0 atom stereocenters. The lowest BCUT2D eigenvalue weighted by atomic mass is 10.1. The van der Waals surface area contributed by atoms with Crippen molar-refractivity contribution in [1.29, 1.82) is 0 Å². The highest BCUT2D eigenvalue weighted by Gasteiger charge is 2.19. The summed E-state index contributed by atoms with van der Waals surface area (Å²) < 4.78 is 8.91. The molecule has 0 unspecified atom stereocenters. The Kier molecular flexibility index (Phi) is 6.60. The van der Waals surface area contributed by atoms with Gasteiger partial charge in [-0.3, -0.25) is 23.3 Å². The topological polar surface area (TPSA) is 100 Å². The van der Waals surface area contributed by atoms with Crippen molar-refractivity contribution in [2.75, 3.05) is 19.8 Å². The second kappa shape index (κ2) is 8.50.